The summed E-state index contributed by atoms with van der Waals surface area (Å²) in [6.07, 6.45) is 3.35. The number of thioether (sulfide) groups is 1. The van der Waals surface area contributed by atoms with E-state index in [1.807, 2.05) is 6.92 Å². The molecular formula is C14H18N4O2S. The molecular weight excluding hydrogens is 288 g/mol. The summed E-state index contributed by atoms with van der Waals surface area (Å²) in [4.78, 5) is 30.3. The van der Waals surface area contributed by atoms with Gasteiger partial charge < -0.3 is 15.3 Å². The maximum Gasteiger partial charge on any atom is 0.251 e. The molecule has 2 heterocycles. The number of nitrogen functional groups attached to an aromatic ring is 1. The molecule has 0 radical (unpaired) electrons. The van der Waals surface area contributed by atoms with E-state index in [9.17, 15) is 9.59 Å². The molecule has 2 rings (SSSR count). The number of anilines is 1. The molecule has 0 spiro atoms. The lowest BCUT2D eigenvalue weighted by atomic mass is 10.2. The number of H-pyrrole nitrogens is 1. The van der Waals surface area contributed by atoms with Gasteiger partial charge in [-0.25, -0.2) is 4.98 Å². The molecule has 0 amide bonds. The molecule has 3 N–H and O–H groups in total. The molecule has 112 valence electrons. The summed E-state index contributed by atoms with van der Waals surface area (Å²) in [5, 5.41) is 0.586. The number of nitrogens with two attached hydrogens (primary N) is 1. The number of nitrogens with zero attached hydrogens (tertiary/aromatic N) is 2. The highest BCUT2D eigenvalue weighted by molar-refractivity contribution is 7.99. The van der Waals surface area contributed by atoms with Crippen molar-refractivity contribution >= 4 is 17.4 Å². The zero-order valence-corrected chi connectivity index (χ0v) is 12.7. The van der Waals surface area contributed by atoms with Crippen molar-refractivity contribution in [2.24, 2.45) is 0 Å². The topological polar surface area (TPSA) is 93.8 Å². The molecule has 0 saturated carbocycles. The third-order valence-corrected chi connectivity index (χ3v) is 3.71. The first kappa shape index (κ1) is 15.4. The average Bonchev–Trinajstić information content (AvgIpc) is 2.42. The van der Waals surface area contributed by atoms with Gasteiger partial charge in [0.1, 0.15) is 0 Å². The number of hydrogen-bond acceptors (Lipinski definition) is 5. The van der Waals surface area contributed by atoms with E-state index in [2.05, 4.69) is 9.97 Å². The molecule has 21 heavy (non-hydrogen) atoms. The number of pyridine rings is 1. The summed E-state index contributed by atoms with van der Waals surface area (Å²) in [5.74, 6) is 0.627. The Balaban J connectivity index is 2.01. The van der Waals surface area contributed by atoms with Crippen LogP contribution >= 0.6 is 11.8 Å². The van der Waals surface area contributed by atoms with E-state index >= 15 is 0 Å². The Morgan fingerprint density at radius 2 is 2.19 bits per heavy atom. The summed E-state index contributed by atoms with van der Waals surface area (Å²) in [6.45, 7) is 2.55. The van der Waals surface area contributed by atoms with Gasteiger partial charge in [-0.05, 0) is 12.5 Å². The van der Waals surface area contributed by atoms with E-state index in [1.165, 1.54) is 23.9 Å². The van der Waals surface area contributed by atoms with Crippen molar-refractivity contribution in [2.75, 3.05) is 11.5 Å². The summed E-state index contributed by atoms with van der Waals surface area (Å²) in [6, 6.07) is 4.55. The number of aromatic amines is 1. The van der Waals surface area contributed by atoms with E-state index < -0.39 is 0 Å². The Kier molecular flexibility index (Phi) is 5.21. The summed E-state index contributed by atoms with van der Waals surface area (Å²) in [5.41, 5.74) is 6.77. The lowest BCUT2D eigenvalue weighted by Gasteiger charge is -2.06. The number of aryl methyl sites for hydroxylation is 2. The first-order valence-electron chi connectivity index (χ1n) is 6.77. The number of nitrogens with one attached hydrogen (secondary N) is 1. The van der Waals surface area contributed by atoms with E-state index in [0.717, 1.165) is 18.5 Å². The van der Waals surface area contributed by atoms with Crippen molar-refractivity contribution in [3.63, 3.8) is 0 Å². The molecule has 0 atom stereocenters. The Morgan fingerprint density at radius 3 is 2.95 bits per heavy atom. The average molecular weight is 306 g/mol. The molecule has 0 bridgehead atoms. The summed E-state index contributed by atoms with van der Waals surface area (Å²) in [7, 11) is 0. The molecule has 0 saturated heterocycles. The first-order valence-corrected chi connectivity index (χ1v) is 7.76. The zero-order valence-electron chi connectivity index (χ0n) is 11.8. The maximum absolute atomic E-state index is 11.6. The fourth-order valence-corrected chi connectivity index (χ4v) is 2.74. The molecule has 0 aliphatic rings. The van der Waals surface area contributed by atoms with E-state index in [0.29, 0.717) is 23.1 Å². The number of aromatic nitrogens is 3. The molecule has 7 heteroatoms. The Labute approximate surface area is 126 Å². The Hall–Kier alpha value is -2.02. The third kappa shape index (κ3) is 4.49. The predicted octanol–water partition coefficient (Wildman–Crippen LogP) is 1.26. The minimum atomic E-state index is -0.142. The van der Waals surface area contributed by atoms with Crippen molar-refractivity contribution in [2.45, 2.75) is 31.5 Å². The van der Waals surface area contributed by atoms with Gasteiger partial charge in [0.05, 0.1) is 0 Å². The normalized spacial score (nSPS) is 10.7. The molecule has 0 fully saturated rings. The zero-order chi connectivity index (χ0) is 15.2. The molecule has 2 aromatic heterocycles. The van der Waals surface area contributed by atoms with Gasteiger partial charge in [0.15, 0.2) is 5.16 Å². The van der Waals surface area contributed by atoms with Crippen LogP contribution in [0.4, 0.5) is 5.69 Å². The fourth-order valence-electron chi connectivity index (χ4n) is 1.90. The van der Waals surface area contributed by atoms with Gasteiger partial charge in [-0.15, -0.1) is 0 Å². The van der Waals surface area contributed by atoms with Crippen LogP contribution in [0.15, 0.2) is 39.1 Å². The third-order valence-electron chi connectivity index (χ3n) is 2.86. The summed E-state index contributed by atoms with van der Waals surface area (Å²) >= 11 is 1.42. The van der Waals surface area contributed by atoms with E-state index in [-0.39, 0.29) is 11.1 Å². The van der Waals surface area contributed by atoms with Crippen LogP contribution in [0.25, 0.3) is 0 Å². The van der Waals surface area contributed by atoms with Crippen LogP contribution in [-0.2, 0) is 13.0 Å². The largest absolute Gasteiger partial charge is 0.398 e. The van der Waals surface area contributed by atoms with Gasteiger partial charge in [0, 0.05) is 42.0 Å². The molecule has 0 aliphatic carbocycles. The van der Waals surface area contributed by atoms with Crippen molar-refractivity contribution in [3.8, 4) is 0 Å². The molecule has 0 aromatic carbocycles. The predicted molar refractivity (Wildman–Crippen MR) is 84.7 cm³/mol. The molecule has 6 nitrogen and oxygen atoms in total. The van der Waals surface area contributed by atoms with Crippen molar-refractivity contribution in [3.05, 3.63) is 50.8 Å². The standard InChI is InChI=1S/C14H18N4O2S/c1-2-3-11-8-12(19)17-14(16-11)21-7-6-18-9-10(15)4-5-13(18)20/h4-5,8-9H,2-3,6-7,15H2,1H3,(H,16,17,19). The Morgan fingerprint density at radius 1 is 1.38 bits per heavy atom. The first-order chi connectivity index (χ1) is 10.1. The van der Waals surface area contributed by atoms with Crippen LogP contribution in [0.3, 0.4) is 0 Å². The fraction of sp³-hybridized carbons (Fsp3) is 0.357. The van der Waals surface area contributed by atoms with Gasteiger partial charge in [0.2, 0.25) is 0 Å². The number of rotatable bonds is 6. The van der Waals surface area contributed by atoms with Crippen LogP contribution in [0, 0.1) is 0 Å². The Bertz CT molecular complexity index is 723. The second-order valence-corrected chi connectivity index (χ2v) is 5.72. The van der Waals surface area contributed by atoms with Gasteiger partial charge in [0.25, 0.3) is 11.1 Å². The van der Waals surface area contributed by atoms with Crippen LogP contribution in [0.5, 0.6) is 0 Å². The second kappa shape index (κ2) is 7.12. The van der Waals surface area contributed by atoms with Crippen molar-refractivity contribution in [1.82, 2.24) is 14.5 Å². The second-order valence-electron chi connectivity index (χ2n) is 4.63. The smallest absolute Gasteiger partial charge is 0.251 e. The molecule has 2 aromatic rings. The van der Waals surface area contributed by atoms with E-state index in [4.69, 9.17) is 5.73 Å². The highest BCUT2D eigenvalue weighted by Gasteiger charge is 2.03. The number of hydrogen-bond donors (Lipinski definition) is 2. The lowest BCUT2D eigenvalue weighted by Crippen LogP contribution is -2.20. The minimum absolute atomic E-state index is 0.0917. The lowest BCUT2D eigenvalue weighted by molar-refractivity contribution is 0.734. The van der Waals surface area contributed by atoms with Crippen molar-refractivity contribution < 1.29 is 0 Å². The SMILES string of the molecule is CCCc1cc(=O)[nH]c(SCCn2cc(N)ccc2=O)n1. The highest BCUT2D eigenvalue weighted by atomic mass is 32.2. The van der Waals surface area contributed by atoms with Crippen LogP contribution < -0.4 is 16.9 Å². The van der Waals surface area contributed by atoms with Gasteiger partial charge in [-0.3, -0.25) is 9.59 Å². The highest BCUT2D eigenvalue weighted by Crippen LogP contribution is 2.12. The molecule has 0 unspecified atom stereocenters. The van der Waals surface area contributed by atoms with E-state index in [1.54, 1.807) is 16.8 Å². The minimum Gasteiger partial charge on any atom is -0.398 e. The van der Waals surface area contributed by atoms with Crippen LogP contribution in [0.1, 0.15) is 19.0 Å². The van der Waals surface area contributed by atoms with Gasteiger partial charge in [-0.1, -0.05) is 25.1 Å². The molecule has 0 aliphatic heterocycles. The van der Waals surface area contributed by atoms with Gasteiger partial charge in [-0.2, -0.15) is 0 Å². The quantitative estimate of drug-likeness (QED) is 0.619. The maximum atomic E-state index is 11.6. The van der Waals surface area contributed by atoms with Crippen LogP contribution in [0.2, 0.25) is 0 Å². The van der Waals surface area contributed by atoms with Crippen LogP contribution in [-0.4, -0.2) is 20.3 Å². The summed E-state index contributed by atoms with van der Waals surface area (Å²) < 4.78 is 1.55. The van der Waals surface area contributed by atoms with Gasteiger partial charge >= 0.3 is 0 Å². The monoisotopic (exact) mass is 306 g/mol. The van der Waals surface area contributed by atoms with Crippen molar-refractivity contribution in [1.29, 1.82) is 0 Å².